The molecule has 0 atom stereocenters. The van der Waals surface area contributed by atoms with Crippen LogP contribution in [0.5, 0.6) is 0 Å². The maximum absolute atomic E-state index is 5.46. The number of furan rings is 1. The van der Waals surface area contributed by atoms with Crippen molar-refractivity contribution in [1.29, 1.82) is 0 Å². The fraction of sp³-hybridized carbons (Fsp3) is 0.467. The fourth-order valence-corrected chi connectivity index (χ4v) is 2.00. The second-order valence-electron chi connectivity index (χ2n) is 5.16. The van der Waals surface area contributed by atoms with Crippen LogP contribution < -0.4 is 5.32 Å². The molecule has 0 aliphatic rings. The molecule has 2 rings (SSSR count). The van der Waals surface area contributed by atoms with E-state index in [0.29, 0.717) is 11.9 Å². The Bertz CT molecular complexity index is 550. The van der Waals surface area contributed by atoms with E-state index in [1.165, 1.54) is 5.56 Å². The topological polar surface area (TPSA) is 51.0 Å². The maximum Gasteiger partial charge on any atom is 0.196 e. The third-order valence-electron chi connectivity index (χ3n) is 3.17. The van der Waals surface area contributed by atoms with E-state index in [2.05, 4.69) is 29.1 Å². The van der Waals surface area contributed by atoms with Gasteiger partial charge in [0.2, 0.25) is 0 Å². The molecular weight excluding hydrogens is 238 g/mol. The van der Waals surface area contributed by atoms with Crippen molar-refractivity contribution in [3.63, 3.8) is 0 Å². The Morgan fingerprint density at radius 2 is 1.79 bits per heavy atom. The van der Waals surface area contributed by atoms with Crippen LogP contribution in [0, 0.1) is 20.8 Å². The van der Waals surface area contributed by atoms with E-state index in [-0.39, 0.29) is 0 Å². The number of nitrogens with zero attached hydrogens (tertiary/aromatic N) is 2. The molecule has 2 aromatic heterocycles. The second kappa shape index (κ2) is 5.53. The minimum atomic E-state index is 0.450. The van der Waals surface area contributed by atoms with Crippen molar-refractivity contribution in [1.82, 2.24) is 15.3 Å². The summed E-state index contributed by atoms with van der Waals surface area (Å²) in [6.45, 7) is 11.1. The molecule has 4 heteroatoms. The number of aryl methyl sites for hydroxylation is 3. The summed E-state index contributed by atoms with van der Waals surface area (Å²) in [5.74, 6) is 1.43. The zero-order valence-corrected chi connectivity index (χ0v) is 12.2. The molecule has 0 fully saturated rings. The van der Waals surface area contributed by atoms with Crippen LogP contribution in [0.25, 0.3) is 11.6 Å². The minimum Gasteiger partial charge on any atom is -0.461 e. The van der Waals surface area contributed by atoms with Crippen molar-refractivity contribution in [3.8, 4) is 11.6 Å². The zero-order valence-electron chi connectivity index (χ0n) is 12.2. The van der Waals surface area contributed by atoms with E-state index in [4.69, 9.17) is 4.42 Å². The Kier molecular flexibility index (Phi) is 4.00. The third kappa shape index (κ3) is 3.01. The molecule has 0 bridgehead atoms. The van der Waals surface area contributed by atoms with Crippen molar-refractivity contribution in [2.45, 2.75) is 47.2 Å². The Morgan fingerprint density at radius 3 is 2.26 bits per heavy atom. The van der Waals surface area contributed by atoms with Gasteiger partial charge in [-0.15, -0.1) is 0 Å². The Balaban J connectivity index is 2.34. The summed E-state index contributed by atoms with van der Waals surface area (Å²) >= 11 is 0. The molecule has 2 aromatic rings. The van der Waals surface area contributed by atoms with Gasteiger partial charge in [0.25, 0.3) is 0 Å². The highest BCUT2D eigenvalue weighted by Gasteiger charge is 2.13. The first kappa shape index (κ1) is 13.7. The van der Waals surface area contributed by atoms with Crippen LogP contribution in [0.4, 0.5) is 0 Å². The van der Waals surface area contributed by atoms with Crippen molar-refractivity contribution < 1.29 is 4.42 Å². The summed E-state index contributed by atoms with van der Waals surface area (Å²) in [6.07, 6.45) is 1.67. The highest BCUT2D eigenvalue weighted by atomic mass is 16.3. The molecule has 0 unspecified atom stereocenters. The van der Waals surface area contributed by atoms with E-state index in [0.717, 1.165) is 29.3 Å². The summed E-state index contributed by atoms with van der Waals surface area (Å²) in [5, 5.41) is 3.41. The lowest BCUT2D eigenvalue weighted by Crippen LogP contribution is -2.23. The molecule has 0 saturated carbocycles. The van der Waals surface area contributed by atoms with E-state index < -0.39 is 0 Å². The standard InChI is InChI=1S/C15H21N3O/c1-9(2)16-8-13-11(4)17-15(18-12(13)5)14-10(3)6-7-19-14/h6-7,9,16H,8H2,1-5H3. The van der Waals surface area contributed by atoms with Gasteiger partial charge >= 0.3 is 0 Å². The van der Waals surface area contributed by atoms with Gasteiger partial charge in [0.05, 0.1) is 6.26 Å². The molecule has 0 spiro atoms. The molecule has 19 heavy (non-hydrogen) atoms. The van der Waals surface area contributed by atoms with Crippen molar-refractivity contribution in [3.05, 3.63) is 34.8 Å². The van der Waals surface area contributed by atoms with Gasteiger partial charge in [-0.2, -0.15) is 0 Å². The second-order valence-corrected chi connectivity index (χ2v) is 5.16. The first-order valence-electron chi connectivity index (χ1n) is 6.61. The van der Waals surface area contributed by atoms with Gasteiger partial charge in [0.15, 0.2) is 11.6 Å². The molecule has 0 radical (unpaired) electrons. The molecular formula is C15H21N3O. The highest BCUT2D eigenvalue weighted by Crippen LogP contribution is 2.22. The molecule has 0 aromatic carbocycles. The Hall–Kier alpha value is -1.68. The lowest BCUT2D eigenvalue weighted by Gasteiger charge is -2.13. The minimum absolute atomic E-state index is 0.450. The van der Waals surface area contributed by atoms with Crippen LogP contribution in [-0.4, -0.2) is 16.0 Å². The average Bonchev–Trinajstić information content (AvgIpc) is 2.73. The molecule has 0 amide bonds. The summed E-state index contributed by atoms with van der Waals surface area (Å²) in [7, 11) is 0. The number of nitrogens with one attached hydrogen (secondary N) is 1. The predicted octanol–water partition coefficient (Wildman–Crippen LogP) is 3.16. The first-order chi connectivity index (χ1) is 8.99. The van der Waals surface area contributed by atoms with E-state index in [9.17, 15) is 0 Å². The Labute approximate surface area is 114 Å². The van der Waals surface area contributed by atoms with Crippen LogP contribution in [0.2, 0.25) is 0 Å². The molecule has 0 aliphatic heterocycles. The first-order valence-corrected chi connectivity index (χ1v) is 6.61. The van der Waals surface area contributed by atoms with Crippen LogP contribution in [0.3, 0.4) is 0 Å². The summed E-state index contributed by atoms with van der Waals surface area (Å²) in [4.78, 5) is 9.14. The van der Waals surface area contributed by atoms with Crippen molar-refractivity contribution in [2.24, 2.45) is 0 Å². The smallest absolute Gasteiger partial charge is 0.196 e. The van der Waals surface area contributed by atoms with Gasteiger partial charge in [-0.3, -0.25) is 0 Å². The average molecular weight is 259 g/mol. The highest BCUT2D eigenvalue weighted by molar-refractivity contribution is 5.53. The maximum atomic E-state index is 5.46. The fourth-order valence-electron chi connectivity index (χ4n) is 2.00. The molecule has 2 heterocycles. The van der Waals surface area contributed by atoms with Gasteiger partial charge in [-0.1, -0.05) is 13.8 Å². The normalized spacial score (nSPS) is 11.3. The lowest BCUT2D eigenvalue weighted by atomic mass is 10.1. The van der Waals surface area contributed by atoms with Gasteiger partial charge in [-0.05, 0) is 32.4 Å². The van der Waals surface area contributed by atoms with Crippen molar-refractivity contribution >= 4 is 0 Å². The lowest BCUT2D eigenvalue weighted by molar-refractivity contribution is 0.570. The van der Waals surface area contributed by atoms with Crippen molar-refractivity contribution in [2.75, 3.05) is 0 Å². The third-order valence-corrected chi connectivity index (χ3v) is 3.17. The molecule has 1 N–H and O–H groups in total. The Morgan fingerprint density at radius 1 is 1.16 bits per heavy atom. The molecule has 4 nitrogen and oxygen atoms in total. The SMILES string of the molecule is Cc1ccoc1-c1nc(C)c(CNC(C)C)c(C)n1. The zero-order chi connectivity index (χ0) is 14.0. The largest absolute Gasteiger partial charge is 0.461 e. The molecule has 0 aliphatic carbocycles. The van der Waals surface area contributed by atoms with Crippen LogP contribution in [-0.2, 0) is 6.54 Å². The monoisotopic (exact) mass is 259 g/mol. The predicted molar refractivity (Wildman–Crippen MR) is 75.9 cm³/mol. The van der Waals surface area contributed by atoms with Gasteiger partial charge in [0.1, 0.15) is 0 Å². The number of hydrogen-bond donors (Lipinski definition) is 1. The summed E-state index contributed by atoms with van der Waals surface area (Å²) in [6, 6.07) is 2.38. The quantitative estimate of drug-likeness (QED) is 0.916. The number of rotatable bonds is 4. The summed E-state index contributed by atoms with van der Waals surface area (Å²) in [5.41, 5.74) is 4.24. The van der Waals surface area contributed by atoms with Gasteiger partial charge in [0, 0.05) is 29.5 Å². The number of hydrogen-bond acceptors (Lipinski definition) is 4. The number of aromatic nitrogens is 2. The molecule has 102 valence electrons. The van der Waals surface area contributed by atoms with Crippen LogP contribution >= 0.6 is 0 Å². The van der Waals surface area contributed by atoms with Crippen LogP contribution in [0.1, 0.15) is 36.4 Å². The molecule has 0 saturated heterocycles. The van der Waals surface area contributed by atoms with E-state index in [1.54, 1.807) is 6.26 Å². The van der Waals surface area contributed by atoms with E-state index in [1.807, 2.05) is 26.8 Å². The summed E-state index contributed by atoms with van der Waals surface area (Å²) < 4.78 is 5.46. The van der Waals surface area contributed by atoms with Gasteiger partial charge < -0.3 is 9.73 Å². The van der Waals surface area contributed by atoms with E-state index >= 15 is 0 Å². The van der Waals surface area contributed by atoms with Gasteiger partial charge in [-0.25, -0.2) is 9.97 Å². The van der Waals surface area contributed by atoms with Crippen LogP contribution in [0.15, 0.2) is 16.7 Å².